The molecule has 1 aliphatic heterocycles. The second kappa shape index (κ2) is 9.28. The third kappa shape index (κ3) is 5.12. The average Bonchev–Trinajstić information content (AvgIpc) is 2.67. The van der Waals surface area contributed by atoms with Gasteiger partial charge in [-0.1, -0.05) is 42.5 Å². The standard InChI is InChI=1S/C20H28N2OS/c23-20(22-13-15-24-16-14-22)18-8-10-19(11-9-18)21-12-4-7-17-5-2-1-3-6-17/h1-7,18-19,21H,8-16H2/b7-4+. The van der Waals surface area contributed by atoms with E-state index in [0.717, 1.165) is 56.8 Å². The van der Waals surface area contributed by atoms with Crippen LogP contribution in [0.1, 0.15) is 31.2 Å². The zero-order valence-corrected chi connectivity index (χ0v) is 15.1. The maximum Gasteiger partial charge on any atom is 0.225 e. The summed E-state index contributed by atoms with van der Waals surface area (Å²) in [5.74, 6) is 2.90. The minimum Gasteiger partial charge on any atom is -0.341 e. The van der Waals surface area contributed by atoms with E-state index < -0.39 is 0 Å². The normalized spacial score (nSPS) is 25.1. The van der Waals surface area contributed by atoms with Crippen molar-refractivity contribution in [2.45, 2.75) is 31.7 Å². The average molecular weight is 345 g/mol. The fraction of sp³-hybridized carbons (Fsp3) is 0.550. The molecule has 0 spiro atoms. The van der Waals surface area contributed by atoms with E-state index in [4.69, 9.17) is 0 Å². The molecule has 3 rings (SSSR count). The molecule has 2 fully saturated rings. The molecule has 1 N–H and O–H groups in total. The van der Waals surface area contributed by atoms with Gasteiger partial charge in [0.2, 0.25) is 5.91 Å². The Hall–Kier alpha value is -1.26. The van der Waals surface area contributed by atoms with Crippen molar-refractivity contribution in [3.8, 4) is 0 Å². The molecule has 1 saturated carbocycles. The number of carbonyl (C=O) groups excluding carboxylic acids is 1. The van der Waals surface area contributed by atoms with E-state index in [1.54, 1.807) is 0 Å². The van der Waals surface area contributed by atoms with Crippen LogP contribution < -0.4 is 5.32 Å². The van der Waals surface area contributed by atoms with Gasteiger partial charge in [-0.05, 0) is 31.2 Å². The minimum atomic E-state index is 0.269. The number of amides is 1. The summed E-state index contributed by atoms with van der Waals surface area (Å²) < 4.78 is 0. The Morgan fingerprint density at radius 1 is 1.12 bits per heavy atom. The first kappa shape index (κ1) is 17.6. The van der Waals surface area contributed by atoms with Crippen LogP contribution in [0.25, 0.3) is 6.08 Å². The number of nitrogens with zero attached hydrogens (tertiary/aromatic N) is 1. The second-order valence-corrected chi connectivity index (χ2v) is 7.93. The van der Waals surface area contributed by atoms with Crippen LogP contribution in [0.4, 0.5) is 0 Å². The van der Waals surface area contributed by atoms with Gasteiger partial charge in [0.1, 0.15) is 0 Å². The van der Waals surface area contributed by atoms with Gasteiger partial charge < -0.3 is 10.2 Å². The first-order valence-electron chi connectivity index (χ1n) is 9.14. The first-order chi connectivity index (χ1) is 11.8. The van der Waals surface area contributed by atoms with Crippen LogP contribution >= 0.6 is 11.8 Å². The predicted octanol–water partition coefficient (Wildman–Crippen LogP) is 3.42. The number of hydrogen-bond donors (Lipinski definition) is 1. The molecule has 24 heavy (non-hydrogen) atoms. The molecule has 0 bridgehead atoms. The molecule has 0 aromatic heterocycles. The maximum atomic E-state index is 12.6. The molecule has 3 nitrogen and oxygen atoms in total. The summed E-state index contributed by atoms with van der Waals surface area (Å²) >= 11 is 1.96. The maximum absolute atomic E-state index is 12.6. The Morgan fingerprint density at radius 3 is 2.54 bits per heavy atom. The molecule has 1 aromatic carbocycles. The lowest BCUT2D eigenvalue weighted by Gasteiger charge is -2.34. The molecular formula is C20H28N2OS. The summed E-state index contributed by atoms with van der Waals surface area (Å²) in [6.45, 7) is 2.81. The van der Waals surface area contributed by atoms with Gasteiger partial charge in [-0.15, -0.1) is 0 Å². The SMILES string of the molecule is O=C(C1CCC(NC/C=C/c2ccccc2)CC1)N1CCSCC1. The van der Waals surface area contributed by atoms with Gasteiger partial charge >= 0.3 is 0 Å². The van der Waals surface area contributed by atoms with Gasteiger partial charge in [-0.25, -0.2) is 0 Å². The largest absolute Gasteiger partial charge is 0.341 e. The Balaban J connectivity index is 1.36. The molecule has 0 atom stereocenters. The molecule has 4 heteroatoms. The molecule has 0 radical (unpaired) electrons. The topological polar surface area (TPSA) is 32.3 Å². The Bertz CT molecular complexity index is 532. The number of nitrogens with one attached hydrogen (secondary N) is 1. The Kier molecular flexibility index (Phi) is 6.79. The lowest BCUT2D eigenvalue weighted by atomic mass is 9.85. The fourth-order valence-electron chi connectivity index (χ4n) is 3.58. The third-order valence-corrected chi connectivity index (χ3v) is 5.98. The molecule has 1 aromatic rings. The van der Waals surface area contributed by atoms with Crippen LogP contribution in [0, 0.1) is 5.92 Å². The predicted molar refractivity (Wildman–Crippen MR) is 103 cm³/mol. The fourth-order valence-corrected chi connectivity index (χ4v) is 4.48. The Labute approximate surface area is 149 Å². The van der Waals surface area contributed by atoms with Gasteiger partial charge in [0.15, 0.2) is 0 Å². The molecule has 2 aliphatic rings. The smallest absolute Gasteiger partial charge is 0.225 e. The van der Waals surface area contributed by atoms with Gasteiger partial charge in [-0.3, -0.25) is 4.79 Å². The molecule has 130 valence electrons. The highest BCUT2D eigenvalue weighted by Crippen LogP contribution is 2.27. The van der Waals surface area contributed by atoms with Crippen LogP contribution in [0.3, 0.4) is 0 Å². The molecule has 1 aliphatic carbocycles. The first-order valence-corrected chi connectivity index (χ1v) is 10.3. The highest BCUT2D eigenvalue weighted by molar-refractivity contribution is 7.99. The van der Waals surface area contributed by atoms with Crippen LogP contribution in [0.2, 0.25) is 0 Å². The zero-order valence-electron chi connectivity index (χ0n) is 14.3. The summed E-state index contributed by atoms with van der Waals surface area (Å²) in [5, 5.41) is 3.62. The van der Waals surface area contributed by atoms with Gasteiger partial charge in [0.05, 0.1) is 0 Å². The van der Waals surface area contributed by atoms with E-state index in [1.165, 1.54) is 5.56 Å². The van der Waals surface area contributed by atoms with Crippen molar-refractivity contribution in [1.82, 2.24) is 10.2 Å². The highest BCUT2D eigenvalue weighted by atomic mass is 32.2. The molecular weight excluding hydrogens is 316 g/mol. The minimum absolute atomic E-state index is 0.269. The van der Waals surface area contributed by atoms with E-state index >= 15 is 0 Å². The number of thioether (sulfide) groups is 1. The van der Waals surface area contributed by atoms with Crippen molar-refractivity contribution in [2.75, 3.05) is 31.1 Å². The van der Waals surface area contributed by atoms with E-state index in [2.05, 4.69) is 46.6 Å². The van der Waals surface area contributed by atoms with Gasteiger partial charge in [0.25, 0.3) is 0 Å². The number of hydrogen-bond acceptors (Lipinski definition) is 3. The number of benzene rings is 1. The lowest BCUT2D eigenvalue weighted by molar-refractivity contribution is -0.136. The molecule has 1 amide bonds. The zero-order chi connectivity index (χ0) is 16.6. The van der Waals surface area contributed by atoms with Crippen LogP contribution in [0.15, 0.2) is 36.4 Å². The van der Waals surface area contributed by atoms with E-state index in [9.17, 15) is 4.79 Å². The lowest BCUT2D eigenvalue weighted by Crippen LogP contribution is -2.44. The van der Waals surface area contributed by atoms with Crippen molar-refractivity contribution in [3.05, 3.63) is 42.0 Å². The van der Waals surface area contributed by atoms with Crippen LogP contribution in [-0.4, -0.2) is 48.0 Å². The molecule has 1 heterocycles. The van der Waals surface area contributed by atoms with Crippen molar-refractivity contribution < 1.29 is 4.79 Å². The molecule has 1 saturated heterocycles. The third-order valence-electron chi connectivity index (χ3n) is 5.03. The summed E-state index contributed by atoms with van der Waals surface area (Å²) in [5.41, 5.74) is 1.24. The van der Waals surface area contributed by atoms with E-state index in [0.29, 0.717) is 11.9 Å². The van der Waals surface area contributed by atoms with E-state index in [1.807, 2.05) is 17.8 Å². The monoisotopic (exact) mass is 344 g/mol. The van der Waals surface area contributed by atoms with Crippen molar-refractivity contribution in [1.29, 1.82) is 0 Å². The number of rotatable bonds is 5. The molecule has 0 unspecified atom stereocenters. The Morgan fingerprint density at radius 2 is 1.83 bits per heavy atom. The van der Waals surface area contributed by atoms with Crippen molar-refractivity contribution >= 4 is 23.7 Å². The van der Waals surface area contributed by atoms with Crippen LogP contribution in [-0.2, 0) is 4.79 Å². The van der Waals surface area contributed by atoms with Crippen molar-refractivity contribution in [2.24, 2.45) is 5.92 Å². The van der Waals surface area contributed by atoms with Crippen LogP contribution in [0.5, 0.6) is 0 Å². The summed E-state index contributed by atoms with van der Waals surface area (Å²) in [6.07, 6.45) is 8.69. The summed E-state index contributed by atoms with van der Waals surface area (Å²) in [4.78, 5) is 14.7. The highest BCUT2D eigenvalue weighted by Gasteiger charge is 2.29. The summed E-state index contributed by atoms with van der Waals surface area (Å²) in [7, 11) is 0. The van der Waals surface area contributed by atoms with Crippen molar-refractivity contribution in [3.63, 3.8) is 0 Å². The van der Waals surface area contributed by atoms with E-state index in [-0.39, 0.29) is 5.92 Å². The quantitative estimate of drug-likeness (QED) is 0.888. The van der Waals surface area contributed by atoms with Gasteiger partial charge in [-0.2, -0.15) is 11.8 Å². The summed E-state index contributed by atoms with van der Waals surface area (Å²) in [6, 6.07) is 11.0. The van der Waals surface area contributed by atoms with Gasteiger partial charge in [0, 0.05) is 43.1 Å². The number of carbonyl (C=O) groups is 1. The second-order valence-electron chi connectivity index (χ2n) is 6.71.